The van der Waals surface area contributed by atoms with Gasteiger partial charge in [-0.2, -0.15) is 0 Å². The predicted octanol–water partition coefficient (Wildman–Crippen LogP) is 3.61. The van der Waals surface area contributed by atoms with Gasteiger partial charge in [0, 0.05) is 18.5 Å². The van der Waals surface area contributed by atoms with Gasteiger partial charge in [0.05, 0.1) is 17.4 Å². The van der Waals surface area contributed by atoms with Crippen molar-refractivity contribution in [3.05, 3.63) is 73.1 Å². The lowest BCUT2D eigenvalue weighted by atomic mass is 10.1. The highest BCUT2D eigenvalue weighted by Crippen LogP contribution is 2.25. The smallest absolute Gasteiger partial charge is 0.127 e. The summed E-state index contributed by atoms with van der Waals surface area (Å²) in [5, 5.41) is 15.7. The number of imidazole rings is 1. The number of para-hydroxylation sites is 2. The fraction of sp³-hybridized carbons (Fsp3) is 0.261. The Hall–Kier alpha value is -2.89. The Balaban J connectivity index is 1.19. The van der Waals surface area contributed by atoms with E-state index in [0.717, 1.165) is 47.1 Å². The lowest BCUT2D eigenvalue weighted by molar-refractivity contribution is 0.107. The van der Waals surface area contributed by atoms with Gasteiger partial charge < -0.3 is 19.7 Å². The quantitative estimate of drug-likeness (QED) is 0.439. The Labute approximate surface area is 164 Å². The number of hydrogen-bond donors (Lipinski definition) is 2. The Morgan fingerprint density at radius 1 is 1.00 bits per heavy atom. The Kier molecular flexibility index (Phi) is 5.85. The molecule has 0 saturated heterocycles. The van der Waals surface area contributed by atoms with Crippen LogP contribution in [0.4, 0.5) is 0 Å². The van der Waals surface area contributed by atoms with Crippen molar-refractivity contribution in [1.82, 2.24) is 14.9 Å². The van der Waals surface area contributed by atoms with Crippen LogP contribution in [-0.4, -0.2) is 40.5 Å². The first-order valence-electron chi connectivity index (χ1n) is 9.70. The molecule has 0 bridgehead atoms. The minimum absolute atomic E-state index is 0.271. The van der Waals surface area contributed by atoms with Crippen molar-refractivity contribution in [3.63, 3.8) is 0 Å². The van der Waals surface area contributed by atoms with Crippen molar-refractivity contribution in [2.45, 2.75) is 19.1 Å². The molecule has 2 N–H and O–H groups in total. The van der Waals surface area contributed by atoms with Gasteiger partial charge in [0.2, 0.25) is 0 Å². The van der Waals surface area contributed by atoms with Crippen LogP contribution in [0.5, 0.6) is 5.75 Å². The largest absolute Gasteiger partial charge is 0.490 e. The minimum atomic E-state index is -0.548. The second-order valence-electron chi connectivity index (χ2n) is 6.93. The summed E-state index contributed by atoms with van der Waals surface area (Å²) >= 11 is 0. The fourth-order valence-electron chi connectivity index (χ4n) is 3.40. The highest BCUT2D eigenvalue weighted by Gasteiger charge is 2.07. The molecule has 1 heterocycles. The maximum Gasteiger partial charge on any atom is 0.127 e. The van der Waals surface area contributed by atoms with Crippen LogP contribution < -0.4 is 10.1 Å². The molecule has 0 aliphatic rings. The van der Waals surface area contributed by atoms with Gasteiger partial charge in [0.25, 0.3) is 0 Å². The van der Waals surface area contributed by atoms with Crippen LogP contribution in [0.3, 0.4) is 0 Å². The molecule has 1 unspecified atom stereocenters. The molecule has 1 aromatic heterocycles. The molecule has 28 heavy (non-hydrogen) atoms. The van der Waals surface area contributed by atoms with E-state index in [-0.39, 0.29) is 6.61 Å². The van der Waals surface area contributed by atoms with Crippen LogP contribution in [0.2, 0.25) is 0 Å². The summed E-state index contributed by atoms with van der Waals surface area (Å²) in [4.78, 5) is 4.41. The Morgan fingerprint density at radius 3 is 2.79 bits per heavy atom. The third-order valence-electron chi connectivity index (χ3n) is 4.84. The summed E-state index contributed by atoms with van der Waals surface area (Å²) in [6.45, 7) is 2.51. The molecule has 0 fully saturated rings. The van der Waals surface area contributed by atoms with Crippen molar-refractivity contribution in [1.29, 1.82) is 0 Å². The van der Waals surface area contributed by atoms with E-state index in [2.05, 4.69) is 33.1 Å². The average molecular weight is 375 g/mol. The van der Waals surface area contributed by atoms with Gasteiger partial charge in [-0.15, -0.1) is 0 Å². The SMILES string of the molecule is OC(CNCCCn1cnc2ccccc21)COc1cccc2ccccc12. The molecular weight excluding hydrogens is 350 g/mol. The second kappa shape index (κ2) is 8.87. The second-order valence-corrected chi connectivity index (χ2v) is 6.93. The summed E-state index contributed by atoms with van der Waals surface area (Å²) in [5.74, 6) is 0.809. The first kappa shape index (κ1) is 18.5. The highest BCUT2D eigenvalue weighted by molar-refractivity contribution is 5.88. The van der Waals surface area contributed by atoms with Crippen molar-refractivity contribution in [2.75, 3.05) is 19.7 Å². The van der Waals surface area contributed by atoms with Crippen LogP contribution in [0.25, 0.3) is 21.8 Å². The zero-order chi connectivity index (χ0) is 19.2. The summed E-state index contributed by atoms with van der Waals surface area (Å²) in [6, 6.07) is 22.2. The molecule has 4 aromatic rings. The van der Waals surface area contributed by atoms with Gasteiger partial charge >= 0.3 is 0 Å². The summed E-state index contributed by atoms with van der Waals surface area (Å²) in [7, 11) is 0. The number of fused-ring (bicyclic) bond motifs is 2. The lowest BCUT2D eigenvalue weighted by Gasteiger charge is -2.14. The third kappa shape index (κ3) is 4.32. The van der Waals surface area contributed by atoms with E-state index in [1.54, 1.807) is 0 Å². The molecule has 5 nitrogen and oxygen atoms in total. The molecule has 0 saturated carbocycles. The third-order valence-corrected chi connectivity index (χ3v) is 4.84. The first-order valence-corrected chi connectivity index (χ1v) is 9.70. The van der Waals surface area contributed by atoms with Gasteiger partial charge in [-0.05, 0) is 36.6 Å². The number of aliphatic hydroxyl groups excluding tert-OH is 1. The number of aryl methyl sites for hydroxylation is 1. The van der Waals surface area contributed by atoms with E-state index in [9.17, 15) is 5.11 Å². The molecule has 5 heteroatoms. The maximum absolute atomic E-state index is 10.2. The predicted molar refractivity (Wildman–Crippen MR) is 113 cm³/mol. The molecule has 4 rings (SSSR count). The van der Waals surface area contributed by atoms with Crippen LogP contribution >= 0.6 is 0 Å². The topological polar surface area (TPSA) is 59.3 Å². The number of aliphatic hydroxyl groups is 1. The Bertz CT molecular complexity index is 1040. The van der Waals surface area contributed by atoms with E-state index in [0.29, 0.717) is 6.54 Å². The van der Waals surface area contributed by atoms with Crippen molar-refractivity contribution >= 4 is 21.8 Å². The molecule has 3 aromatic carbocycles. The van der Waals surface area contributed by atoms with E-state index in [4.69, 9.17) is 4.74 Å². The highest BCUT2D eigenvalue weighted by atomic mass is 16.5. The lowest BCUT2D eigenvalue weighted by Crippen LogP contribution is -2.32. The zero-order valence-corrected chi connectivity index (χ0v) is 15.8. The summed E-state index contributed by atoms with van der Waals surface area (Å²) in [5.41, 5.74) is 2.18. The van der Waals surface area contributed by atoms with Crippen LogP contribution in [-0.2, 0) is 6.54 Å². The number of ether oxygens (including phenoxy) is 1. The normalized spacial score (nSPS) is 12.5. The van der Waals surface area contributed by atoms with Gasteiger partial charge in [-0.25, -0.2) is 4.98 Å². The summed E-state index contributed by atoms with van der Waals surface area (Å²) in [6.07, 6.45) is 2.31. The van der Waals surface area contributed by atoms with E-state index in [1.165, 1.54) is 0 Å². The van der Waals surface area contributed by atoms with Crippen LogP contribution in [0.15, 0.2) is 73.1 Å². The molecule has 1 atom stereocenters. The summed E-state index contributed by atoms with van der Waals surface area (Å²) < 4.78 is 8.01. The number of aromatic nitrogens is 2. The Morgan fingerprint density at radius 2 is 1.82 bits per heavy atom. The number of benzene rings is 3. The van der Waals surface area contributed by atoms with Gasteiger partial charge in [-0.1, -0.05) is 48.5 Å². The van der Waals surface area contributed by atoms with Crippen LogP contribution in [0.1, 0.15) is 6.42 Å². The minimum Gasteiger partial charge on any atom is -0.490 e. The van der Waals surface area contributed by atoms with E-state index >= 15 is 0 Å². The molecule has 0 amide bonds. The number of hydrogen-bond acceptors (Lipinski definition) is 4. The molecular formula is C23H25N3O2. The monoisotopic (exact) mass is 375 g/mol. The molecule has 0 spiro atoms. The molecule has 0 aliphatic heterocycles. The van der Waals surface area contributed by atoms with Crippen LogP contribution in [0, 0.1) is 0 Å². The standard InChI is InChI=1S/C23H25N3O2/c27-19(16-28-23-12-5-8-18-7-1-2-9-20(18)23)15-24-13-6-14-26-17-25-21-10-3-4-11-22(21)26/h1-5,7-12,17,19,24,27H,6,13-16H2. The van der Waals surface area contributed by atoms with Crippen molar-refractivity contribution < 1.29 is 9.84 Å². The molecule has 0 aliphatic carbocycles. The van der Waals surface area contributed by atoms with Crippen molar-refractivity contribution in [2.24, 2.45) is 0 Å². The van der Waals surface area contributed by atoms with Gasteiger partial charge in [0.1, 0.15) is 18.5 Å². The fourth-order valence-corrected chi connectivity index (χ4v) is 3.40. The molecule has 144 valence electrons. The zero-order valence-electron chi connectivity index (χ0n) is 15.8. The first-order chi connectivity index (χ1) is 13.8. The van der Waals surface area contributed by atoms with E-state index in [1.807, 2.05) is 54.9 Å². The van der Waals surface area contributed by atoms with Gasteiger partial charge in [-0.3, -0.25) is 0 Å². The average Bonchev–Trinajstić information content (AvgIpc) is 3.15. The van der Waals surface area contributed by atoms with E-state index < -0.39 is 6.10 Å². The van der Waals surface area contributed by atoms with Crippen molar-refractivity contribution in [3.8, 4) is 5.75 Å². The number of nitrogens with zero attached hydrogens (tertiary/aromatic N) is 2. The van der Waals surface area contributed by atoms with Gasteiger partial charge in [0.15, 0.2) is 0 Å². The molecule has 0 radical (unpaired) electrons. The number of rotatable bonds is 9. The maximum atomic E-state index is 10.2. The number of nitrogens with one attached hydrogen (secondary N) is 1.